The van der Waals surface area contributed by atoms with Gasteiger partial charge in [0.05, 0.1) is 25.4 Å². The molecule has 5 atom stereocenters. The van der Waals surface area contributed by atoms with E-state index in [0.29, 0.717) is 32.8 Å². The second kappa shape index (κ2) is 11.6. The van der Waals surface area contributed by atoms with Crippen LogP contribution in [0.4, 0.5) is 0 Å². The van der Waals surface area contributed by atoms with Gasteiger partial charge < -0.3 is 29.0 Å². The van der Waals surface area contributed by atoms with E-state index in [4.69, 9.17) is 23.7 Å². The average molecular weight is 480 g/mol. The van der Waals surface area contributed by atoms with Gasteiger partial charge in [-0.3, -0.25) is 0 Å². The van der Waals surface area contributed by atoms with Crippen molar-refractivity contribution in [2.45, 2.75) is 69.4 Å². The molecule has 0 unspecified atom stereocenters. The van der Waals surface area contributed by atoms with Crippen LogP contribution in [0.15, 0.2) is 86.0 Å². The lowest BCUT2D eigenvalue weighted by Crippen LogP contribution is -2.63. The standard InChI is InChI=1S/C29H37NO5/c1-5-17-29(30-18-6-2)25(33-27-26(29)34-28(3,4)35-27)24(32-20-23-15-11-8-12-16-23)21-31-19-22-13-9-7-10-14-22/h5-16,24-27,30H,1-2,17-21H2,3-4H3/t24-,25-,26+,27-,29-/m1/s1. The SMILES string of the molecule is C=CCN[C@]1(CC=C)[C@@H]([C@@H](COCc2ccccc2)OCc2ccccc2)O[C@@H]2OC(C)(C)O[C@@H]21. The van der Waals surface area contributed by atoms with Crippen LogP contribution in [-0.4, -0.2) is 49.1 Å². The van der Waals surface area contributed by atoms with E-state index in [9.17, 15) is 0 Å². The predicted octanol–water partition coefficient (Wildman–Crippen LogP) is 4.76. The van der Waals surface area contributed by atoms with Crippen LogP contribution in [0.25, 0.3) is 0 Å². The summed E-state index contributed by atoms with van der Waals surface area (Å²) in [5.41, 5.74) is 1.57. The van der Waals surface area contributed by atoms with Crippen molar-refractivity contribution < 1.29 is 23.7 Å². The number of rotatable bonds is 13. The molecule has 2 fully saturated rings. The Morgan fingerprint density at radius 2 is 1.60 bits per heavy atom. The van der Waals surface area contributed by atoms with Crippen LogP contribution in [0.1, 0.15) is 31.4 Å². The molecule has 188 valence electrons. The fraction of sp³-hybridized carbons (Fsp3) is 0.448. The Morgan fingerprint density at radius 3 is 2.23 bits per heavy atom. The summed E-state index contributed by atoms with van der Waals surface area (Å²) in [6, 6.07) is 20.2. The van der Waals surface area contributed by atoms with Crippen LogP contribution in [0.3, 0.4) is 0 Å². The van der Waals surface area contributed by atoms with Gasteiger partial charge in [0, 0.05) is 6.54 Å². The molecule has 0 saturated carbocycles. The molecule has 0 aromatic heterocycles. The van der Waals surface area contributed by atoms with Gasteiger partial charge in [0.1, 0.15) is 18.3 Å². The van der Waals surface area contributed by atoms with Gasteiger partial charge >= 0.3 is 0 Å². The summed E-state index contributed by atoms with van der Waals surface area (Å²) in [6.45, 7) is 13.6. The van der Waals surface area contributed by atoms with Crippen LogP contribution >= 0.6 is 0 Å². The molecule has 2 saturated heterocycles. The number of fused-ring (bicyclic) bond motifs is 1. The molecule has 6 heteroatoms. The molecule has 0 spiro atoms. The van der Waals surface area contributed by atoms with Gasteiger partial charge in [-0.05, 0) is 31.4 Å². The van der Waals surface area contributed by atoms with E-state index in [0.717, 1.165) is 11.1 Å². The Balaban J connectivity index is 1.58. The summed E-state index contributed by atoms with van der Waals surface area (Å²) < 4.78 is 31.7. The third-order valence-corrected chi connectivity index (χ3v) is 6.45. The Morgan fingerprint density at radius 1 is 0.943 bits per heavy atom. The van der Waals surface area contributed by atoms with Crippen LogP contribution in [0.5, 0.6) is 0 Å². The molecule has 0 radical (unpaired) electrons. The lowest BCUT2D eigenvalue weighted by atomic mass is 9.82. The average Bonchev–Trinajstić information content (AvgIpc) is 3.32. The first-order valence-electron chi connectivity index (χ1n) is 12.2. The molecule has 0 bridgehead atoms. The summed E-state index contributed by atoms with van der Waals surface area (Å²) in [6.07, 6.45) is 2.70. The lowest BCUT2D eigenvalue weighted by molar-refractivity contribution is -0.232. The third-order valence-electron chi connectivity index (χ3n) is 6.45. The van der Waals surface area contributed by atoms with E-state index < -0.39 is 23.7 Å². The van der Waals surface area contributed by atoms with Crippen molar-refractivity contribution in [3.8, 4) is 0 Å². The monoisotopic (exact) mass is 479 g/mol. The smallest absolute Gasteiger partial charge is 0.189 e. The topological polar surface area (TPSA) is 58.2 Å². The van der Waals surface area contributed by atoms with Crippen molar-refractivity contribution in [1.29, 1.82) is 0 Å². The summed E-state index contributed by atoms with van der Waals surface area (Å²) in [5.74, 6) is -0.743. The van der Waals surface area contributed by atoms with Gasteiger partial charge in [-0.2, -0.15) is 0 Å². The highest BCUT2D eigenvalue weighted by Gasteiger charge is 2.64. The first-order valence-corrected chi connectivity index (χ1v) is 12.2. The minimum atomic E-state index is -0.743. The van der Waals surface area contributed by atoms with Gasteiger partial charge in [0.25, 0.3) is 0 Å². The summed E-state index contributed by atoms with van der Waals surface area (Å²) in [7, 11) is 0. The van der Waals surface area contributed by atoms with E-state index >= 15 is 0 Å². The van der Waals surface area contributed by atoms with Gasteiger partial charge in [-0.15, -0.1) is 13.2 Å². The zero-order chi connectivity index (χ0) is 24.7. The molecule has 2 aliphatic rings. The van der Waals surface area contributed by atoms with Crippen molar-refractivity contribution in [2.24, 2.45) is 0 Å². The van der Waals surface area contributed by atoms with Crippen molar-refractivity contribution >= 4 is 0 Å². The molecular weight excluding hydrogens is 442 g/mol. The second-order valence-electron chi connectivity index (χ2n) is 9.52. The van der Waals surface area contributed by atoms with Crippen molar-refractivity contribution in [3.05, 3.63) is 97.1 Å². The van der Waals surface area contributed by atoms with Gasteiger partial charge in [0.15, 0.2) is 12.1 Å². The number of nitrogens with one attached hydrogen (secondary N) is 1. The summed E-state index contributed by atoms with van der Waals surface area (Å²) >= 11 is 0. The van der Waals surface area contributed by atoms with Crippen molar-refractivity contribution in [2.75, 3.05) is 13.2 Å². The minimum Gasteiger partial charge on any atom is -0.374 e. The number of hydrogen-bond donors (Lipinski definition) is 1. The first-order chi connectivity index (χ1) is 17.0. The maximum Gasteiger partial charge on any atom is 0.189 e. The molecular formula is C29H37NO5. The van der Waals surface area contributed by atoms with E-state index in [1.165, 1.54) is 0 Å². The zero-order valence-corrected chi connectivity index (χ0v) is 20.7. The molecule has 4 rings (SSSR count). The van der Waals surface area contributed by atoms with Crippen LogP contribution in [0.2, 0.25) is 0 Å². The van der Waals surface area contributed by atoms with Crippen LogP contribution in [-0.2, 0) is 36.9 Å². The van der Waals surface area contributed by atoms with Crippen LogP contribution in [0, 0.1) is 0 Å². The van der Waals surface area contributed by atoms with Crippen molar-refractivity contribution in [3.63, 3.8) is 0 Å². The molecule has 2 aromatic rings. The minimum absolute atomic E-state index is 0.336. The highest BCUT2D eigenvalue weighted by molar-refractivity contribution is 5.17. The van der Waals surface area contributed by atoms with Gasteiger partial charge in [0.2, 0.25) is 0 Å². The predicted molar refractivity (Wildman–Crippen MR) is 136 cm³/mol. The molecule has 0 aliphatic carbocycles. The Labute approximate surface area is 208 Å². The first kappa shape index (κ1) is 25.8. The second-order valence-corrected chi connectivity index (χ2v) is 9.52. The van der Waals surface area contributed by atoms with Gasteiger partial charge in [-0.1, -0.05) is 72.8 Å². The molecule has 2 aliphatic heterocycles. The summed E-state index contributed by atoms with van der Waals surface area (Å²) in [4.78, 5) is 0. The highest BCUT2D eigenvalue weighted by atomic mass is 16.8. The lowest BCUT2D eigenvalue weighted by Gasteiger charge is -2.41. The molecule has 6 nitrogen and oxygen atoms in total. The largest absolute Gasteiger partial charge is 0.374 e. The fourth-order valence-corrected chi connectivity index (χ4v) is 4.90. The molecule has 2 aromatic carbocycles. The maximum absolute atomic E-state index is 6.54. The Bertz CT molecular complexity index is 950. The third kappa shape index (κ3) is 6.09. The van der Waals surface area contributed by atoms with Crippen LogP contribution < -0.4 is 5.32 Å². The zero-order valence-electron chi connectivity index (χ0n) is 20.7. The van der Waals surface area contributed by atoms with E-state index in [-0.39, 0.29) is 12.2 Å². The van der Waals surface area contributed by atoms with E-state index in [2.05, 4.69) is 18.5 Å². The number of benzene rings is 2. The molecule has 1 N–H and O–H groups in total. The Kier molecular flexibility index (Phi) is 8.55. The highest BCUT2D eigenvalue weighted by Crippen LogP contribution is 2.46. The van der Waals surface area contributed by atoms with Gasteiger partial charge in [-0.25, -0.2) is 0 Å². The fourth-order valence-electron chi connectivity index (χ4n) is 4.90. The quantitative estimate of drug-likeness (QED) is 0.418. The number of ether oxygens (including phenoxy) is 5. The normalized spacial score (nSPS) is 27.9. The molecule has 0 amide bonds. The van der Waals surface area contributed by atoms with Crippen molar-refractivity contribution in [1.82, 2.24) is 5.32 Å². The van der Waals surface area contributed by atoms with E-state index in [1.807, 2.05) is 86.7 Å². The molecule has 2 heterocycles. The maximum atomic E-state index is 6.54. The number of hydrogen-bond acceptors (Lipinski definition) is 6. The summed E-state index contributed by atoms with van der Waals surface area (Å²) in [5, 5.41) is 3.64. The van der Waals surface area contributed by atoms with E-state index in [1.54, 1.807) is 0 Å². The molecule has 35 heavy (non-hydrogen) atoms. The Hall–Kier alpha value is -2.32.